The van der Waals surface area contributed by atoms with Gasteiger partial charge in [-0.2, -0.15) is 0 Å². The number of methoxy groups -OCH3 is 1. The number of hydrogen-bond donors (Lipinski definition) is 2. The third-order valence-corrected chi connectivity index (χ3v) is 7.70. The second-order valence-electron chi connectivity index (χ2n) is 11.0. The summed E-state index contributed by atoms with van der Waals surface area (Å²) in [5.41, 5.74) is 2.75. The number of amides is 3. The van der Waals surface area contributed by atoms with E-state index in [1.54, 1.807) is 34.0 Å². The average molecular weight is 626 g/mol. The summed E-state index contributed by atoms with van der Waals surface area (Å²) in [5, 5.41) is 14.4. The fourth-order valence-electron chi connectivity index (χ4n) is 5.25. The van der Waals surface area contributed by atoms with Crippen molar-refractivity contribution in [2.45, 2.75) is 44.7 Å². The van der Waals surface area contributed by atoms with E-state index in [4.69, 9.17) is 9.47 Å². The van der Waals surface area contributed by atoms with E-state index in [-0.39, 0.29) is 36.8 Å². The molecule has 5 rings (SSSR count). The van der Waals surface area contributed by atoms with E-state index in [0.717, 1.165) is 17.0 Å². The number of nitrogens with one attached hydrogen (secondary N) is 2. The molecule has 1 aliphatic heterocycles. The van der Waals surface area contributed by atoms with Crippen LogP contribution in [0.1, 0.15) is 40.2 Å². The Morgan fingerprint density at radius 1 is 1.02 bits per heavy atom. The van der Waals surface area contributed by atoms with Crippen molar-refractivity contribution in [1.82, 2.24) is 35.5 Å². The first kappa shape index (κ1) is 32.1. The topological polar surface area (TPSA) is 141 Å². The fraction of sp³-hybridized carbons (Fsp3) is 0.353. The van der Waals surface area contributed by atoms with E-state index < -0.39 is 11.9 Å². The van der Waals surface area contributed by atoms with Crippen molar-refractivity contribution in [3.63, 3.8) is 0 Å². The quantitative estimate of drug-likeness (QED) is 0.333. The predicted octanol–water partition coefficient (Wildman–Crippen LogP) is 2.63. The molecule has 46 heavy (non-hydrogen) atoms. The van der Waals surface area contributed by atoms with Crippen molar-refractivity contribution in [2.24, 2.45) is 0 Å². The maximum atomic E-state index is 13.7. The minimum Gasteiger partial charge on any atom is -0.493 e. The normalized spacial score (nSPS) is 16.5. The molecule has 12 heteroatoms. The molecule has 0 radical (unpaired) electrons. The van der Waals surface area contributed by atoms with Crippen molar-refractivity contribution in [2.75, 3.05) is 33.4 Å². The van der Waals surface area contributed by atoms with Gasteiger partial charge in [0, 0.05) is 69.9 Å². The zero-order valence-corrected chi connectivity index (χ0v) is 25.9. The summed E-state index contributed by atoms with van der Waals surface area (Å²) in [7, 11) is 1.51. The number of benzene rings is 2. The van der Waals surface area contributed by atoms with Gasteiger partial charge in [0.2, 0.25) is 11.8 Å². The minimum absolute atomic E-state index is 0.0463. The lowest BCUT2D eigenvalue weighted by atomic mass is 10.0. The molecule has 4 aromatic rings. The van der Waals surface area contributed by atoms with Crippen LogP contribution < -0.4 is 20.1 Å². The number of carbonyl (C=O) groups excluding carboxylic acids is 3. The van der Waals surface area contributed by atoms with Gasteiger partial charge in [0.05, 0.1) is 25.0 Å². The highest BCUT2D eigenvalue weighted by atomic mass is 16.5. The second-order valence-corrected chi connectivity index (χ2v) is 11.0. The summed E-state index contributed by atoms with van der Waals surface area (Å²) < 4.78 is 13.3. The zero-order chi connectivity index (χ0) is 32.1. The lowest BCUT2D eigenvalue weighted by Crippen LogP contribution is -2.50. The number of pyridine rings is 1. The van der Waals surface area contributed by atoms with Crippen LogP contribution in [0.2, 0.25) is 0 Å². The molecule has 0 aliphatic carbocycles. The maximum Gasteiger partial charge on any atom is 0.255 e. The summed E-state index contributed by atoms with van der Waals surface area (Å²) in [6, 6.07) is 19.3. The van der Waals surface area contributed by atoms with Gasteiger partial charge in [-0.15, -0.1) is 5.10 Å². The minimum atomic E-state index is -0.876. The average Bonchev–Trinajstić information content (AvgIpc) is 3.54. The van der Waals surface area contributed by atoms with Crippen molar-refractivity contribution < 1.29 is 23.9 Å². The van der Waals surface area contributed by atoms with E-state index in [1.807, 2.05) is 54.7 Å². The Balaban J connectivity index is 1.37. The van der Waals surface area contributed by atoms with Gasteiger partial charge in [0.1, 0.15) is 6.04 Å². The maximum absolute atomic E-state index is 13.7. The van der Waals surface area contributed by atoms with E-state index in [9.17, 15) is 14.4 Å². The molecule has 1 atom stereocenters. The van der Waals surface area contributed by atoms with Gasteiger partial charge >= 0.3 is 0 Å². The summed E-state index contributed by atoms with van der Waals surface area (Å²) in [6.07, 6.45) is 5.76. The highest BCUT2D eigenvalue weighted by molar-refractivity contribution is 6.00. The number of rotatable bonds is 6. The Hall–Kier alpha value is -5.26. The monoisotopic (exact) mass is 625 g/mol. The molecule has 3 heterocycles. The number of carbonyl (C=O) groups is 3. The summed E-state index contributed by atoms with van der Waals surface area (Å²) >= 11 is 0. The number of hydrogen-bond acceptors (Lipinski definition) is 8. The van der Waals surface area contributed by atoms with Crippen molar-refractivity contribution >= 4 is 17.7 Å². The zero-order valence-electron chi connectivity index (χ0n) is 25.9. The van der Waals surface area contributed by atoms with Crippen molar-refractivity contribution in [1.29, 1.82) is 0 Å². The Morgan fingerprint density at radius 2 is 1.87 bits per heavy atom. The second kappa shape index (κ2) is 16.2. The van der Waals surface area contributed by atoms with Gasteiger partial charge in [-0.05, 0) is 36.2 Å². The standard InChI is InChI=1S/C34H39N7O5/c1-45-30-13-7-12-28-32(30)46-22-8-19-41-24-27(38-39-41)16-20-40(31(42)15-14-26-11-5-6-17-35-26)21-18-36-34(44)29(37-33(28)43)23-25-9-3-2-4-10-25/h2-7,9-13,17,24,29H,8,14-16,18-23H2,1H3,(H,36,44)(H,37,43)/t29-/m0/s1. The summed E-state index contributed by atoms with van der Waals surface area (Å²) in [5.74, 6) is -0.147. The Labute approximate surface area is 268 Å². The number of nitrogens with zero attached hydrogens (tertiary/aromatic N) is 5. The van der Waals surface area contributed by atoms with Gasteiger partial charge in [-0.3, -0.25) is 24.0 Å². The number of para-hydroxylation sites is 1. The smallest absolute Gasteiger partial charge is 0.255 e. The third-order valence-electron chi connectivity index (χ3n) is 7.70. The van der Waals surface area contributed by atoms with Gasteiger partial charge in [0.15, 0.2) is 11.5 Å². The van der Waals surface area contributed by atoms with Crippen molar-refractivity contribution in [3.8, 4) is 11.5 Å². The molecular formula is C34H39N7O5. The lowest BCUT2D eigenvalue weighted by Gasteiger charge is -2.24. The molecule has 0 fully saturated rings. The molecule has 3 amide bonds. The number of aromatic nitrogens is 4. The molecule has 2 aromatic heterocycles. The summed E-state index contributed by atoms with van der Waals surface area (Å²) in [4.78, 5) is 46.7. The number of ether oxygens (including phenoxy) is 2. The van der Waals surface area contributed by atoms with Crippen LogP contribution in [0.5, 0.6) is 11.5 Å². The van der Waals surface area contributed by atoms with E-state index >= 15 is 0 Å². The molecule has 12 nitrogen and oxygen atoms in total. The highest BCUT2D eigenvalue weighted by Gasteiger charge is 2.25. The van der Waals surface area contributed by atoms with E-state index in [1.165, 1.54) is 7.11 Å². The van der Waals surface area contributed by atoms with Gasteiger partial charge < -0.3 is 25.0 Å². The van der Waals surface area contributed by atoms with Crippen LogP contribution in [0.15, 0.2) is 79.1 Å². The molecule has 1 aliphatic rings. The summed E-state index contributed by atoms with van der Waals surface area (Å²) in [6.45, 7) is 1.75. The van der Waals surface area contributed by atoms with Crippen molar-refractivity contribution in [3.05, 3.63) is 102 Å². The molecular weight excluding hydrogens is 586 g/mol. The highest BCUT2D eigenvalue weighted by Crippen LogP contribution is 2.31. The third kappa shape index (κ3) is 8.90. The molecule has 2 aromatic carbocycles. The van der Waals surface area contributed by atoms with Crippen LogP contribution in [-0.2, 0) is 35.4 Å². The first-order chi connectivity index (χ1) is 22.5. The van der Waals surface area contributed by atoms with Gasteiger partial charge in [-0.25, -0.2) is 0 Å². The molecule has 240 valence electrons. The van der Waals surface area contributed by atoms with Crippen LogP contribution in [0.4, 0.5) is 0 Å². The van der Waals surface area contributed by atoms with Gasteiger partial charge in [-0.1, -0.05) is 47.7 Å². The molecule has 0 saturated carbocycles. The largest absolute Gasteiger partial charge is 0.493 e. The molecule has 0 unspecified atom stereocenters. The Bertz CT molecular complexity index is 1600. The Morgan fingerprint density at radius 3 is 2.67 bits per heavy atom. The van der Waals surface area contributed by atoms with E-state index in [0.29, 0.717) is 57.0 Å². The molecule has 2 bridgehead atoms. The SMILES string of the molecule is COc1cccc2c1OCCCn1cc(nn1)CCN(C(=O)CCc1ccccn1)CCNC(=O)[C@H](Cc1ccccc1)NC2=O. The fourth-order valence-corrected chi connectivity index (χ4v) is 5.25. The number of fused-ring (bicyclic) bond motifs is 3. The first-order valence-corrected chi connectivity index (χ1v) is 15.5. The Kier molecular flexibility index (Phi) is 11.3. The molecule has 0 spiro atoms. The van der Waals surface area contributed by atoms with Crippen LogP contribution in [0.25, 0.3) is 0 Å². The van der Waals surface area contributed by atoms with Gasteiger partial charge in [0.25, 0.3) is 5.91 Å². The predicted molar refractivity (Wildman–Crippen MR) is 170 cm³/mol. The van der Waals surface area contributed by atoms with Crippen LogP contribution >= 0.6 is 0 Å². The van der Waals surface area contributed by atoms with Crippen LogP contribution in [-0.4, -0.2) is 82.0 Å². The molecule has 0 saturated heterocycles. The first-order valence-electron chi connectivity index (χ1n) is 15.5. The molecule has 2 N–H and O–H groups in total. The van der Waals surface area contributed by atoms with Crippen LogP contribution in [0.3, 0.4) is 0 Å². The van der Waals surface area contributed by atoms with Crippen LogP contribution in [0, 0.1) is 0 Å². The number of aryl methyl sites for hydroxylation is 2. The van der Waals surface area contributed by atoms with E-state index in [2.05, 4.69) is 25.9 Å². The lowest BCUT2D eigenvalue weighted by molar-refractivity contribution is -0.131.